The van der Waals surface area contributed by atoms with E-state index >= 15 is 0 Å². The van der Waals surface area contributed by atoms with Crippen LogP contribution in [-0.4, -0.2) is 31.1 Å². The van der Waals surface area contributed by atoms with Crippen LogP contribution in [0.15, 0.2) is 51.8 Å². The van der Waals surface area contributed by atoms with Gasteiger partial charge in [0.1, 0.15) is 0 Å². The Morgan fingerprint density at radius 3 is 2.62 bits per heavy atom. The van der Waals surface area contributed by atoms with Crippen molar-refractivity contribution < 1.29 is 19.0 Å². The number of cyclic esters (lactones) is 1. The molecule has 7 heteroatoms. The van der Waals surface area contributed by atoms with Crippen molar-refractivity contribution in [2.45, 2.75) is 0 Å². The fourth-order valence-corrected chi connectivity index (χ4v) is 2.53. The summed E-state index contributed by atoms with van der Waals surface area (Å²) < 4.78 is 16.4. The van der Waals surface area contributed by atoms with Crippen molar-refractivity contribution in [3.05, 3.63) is 58.0 Å². The van der Waals surface area contributed by atoms with Gasteiger partial charge >= 0.3 is 5.97 Å². The van der Waals surface area contributed by atoms with Crippen LogP contribution in [0.5, 0.6) is 11.5 Å². The van der Waals surface area contributed by atoms with E-state index in [9.17, 15) is 4.79 Å². The summed E-state index contributed by atoms with van der Waals surface area (Å²) in [5, 5.41) is 0. The maximum Gasteiger partial charge on any atom is 0.363 e. The highest BCUT2D eigenvalue weighted by atomic mass is 79.9. The van der Waals surface area contributed by atoms with Crippen LogP contribution in [0.2, 0.25) is 0 Å². The maximum atomic E-state index is 12.0. The molecule has 1 aliphatic rings. The number of ether oxygens (including phenoxy) is 3. The minimum atomic E-state index is -0.514. The molecule has 0 radical (unpaired) electrons. The Morgan fingerprint density at radius 1 is 1.12 bits per heavy atom. The molecule has 0 bridgehead atoms. The number of nitrogens with zero attached hydrogens (tertiary/aromatic N) is 2. The van der Waals surface area contributed by atoms with Crippen LogP contribution in [0.25, 0.3) is 6.08 Å². The van der Waals surface area contributed by atoms with Gasteiger partial charge in [-0.15, -0.1) is 0 Å². The van der Waals surface area contributed by atoms with Crippen molar-refractivity contribution in [3.8, 4) is 11.5 Å². The van der Waals surface area contributed by atoms with Gasteiger partial charge < -0.3 is 14.2 Å². The molecule has 1 aromatic carbocycles. The number of esters is 1. The maximum absolute atomic E-state index is 12.0. The molecule has 0 spiro atoms. The first-order valence-electron chi connectivity index (χ1n) is 6.96. The lowest BCUT2D eigenvalue weighted by Gasteiger charge is -2.07. The van der Waals surface area contributed by atoms with Gasteiger partial charge in [0.05, 0.1) is 19.8 Å². The van der Waals surface area contributed by atoms with Crippen LogP contribution in [0.1, 0.15) is 11.1 Å². The lowest BCUT2D eigenvalue weighted by Crippen LogP contribution is -2.05. The first kappa shape index (κ1) is 16.2. The van der Waals surface area contributed by atoms with Crippen LogP contribution in [0.3, 0.4) is 0 Å². The second-order valence-corrected chi connectivity index (χ2v) is 5.76. The first-order valence-corrected chi connectivity index (χ1v) is 7.75. The van der Waals surface area contributed by atoms with Crippen LogP contribution >= 0.6 is 15.9 Å². The van der Waals surface area contributed by atoms with E-state index in [-0.39, 0.29) is 11.6 Å². The third-order valence-electron chi connectivity index (χ3n) is 3.28. The van der Waals surface area contributed by atoms with Gasteiger partial charge in [-0.2, -0.15) is 0 Å². The van der Waals surface area contributed by atoms with Gasteiger partial charge in [-0.1, -0.05) is 6.07 Å². The molecule has 3 rings (SSSR count). The predicted octanol–water partition coefficient (Wildman–Crippen LogP) is 3.21. The molecule has 2 aromatic rings. The summed E-state index contributed by atoms with van der Waals surface area (Å²) in [6, 6.07) is 7.09. The van der Waals surface area contributed by atoms with Gasteiger partial charge in [0, 0.05) is 16.9 Å². The summed E-state index contributed by atoms with van der Waals surface area (Å²) in [6.45, 7) is 0. The average molecular weight is 389 g/mol. The third-order valence-corrected chi connectivity index (χ3v) is 3.72. The Morgan fingerprint density at radius 2 is 1.92 bits per heavy atom. The number of aromatic nitrogens is 1. The molecule has 0 unspecified atom stereocenters. The number of halogens is 1. The molecule has 0 N–H and O–H groups in total. The van der Waals surface area contributed by atoms with Crippen molar-refractivity contribution in [1.29, 1.82) is 0 Å². The van der Waals surface area contributed by atoms with Crippen LogP contribution in [0.4, 0.5) is 0 Å². The molecule has 0 saturated carbocycles. The van der Waals surface area contributed by atoms with E-state index in [4.69, 9.17) is 14.2 Å². The van der Waals surface area contributed by atoms with Crippen molar-refractivity contribution in [3.63, 3.8) is 0 Å². The molecule has 122 valence electrons. The number of carbonyl (C=O) groups excluding carboxylic acids is 1. The van der Waals surface area contributed by atoms with E-state index in [0.29, 0.717) is 17.1 Å². The summed E-state index contributed by atoms with van der Waals surface area (Å²) in [4.78, 5) is 20.3. The molecular formula is C17H13BrN2O4. The first-order chi connectivity index (χ1) is 11.6. The summed E-state index contributed by atoms with van der Waals surface area (Å²) in [5.41, 5.74) is 1.57. The van der Waals surface area contributed by atoms with E-state index in [2.05, 4.69) is 25.9 Å². The molecule has 24 heavy (non-hydrogen) atoms. The SMILES string of the molecule is COc1ccc(/C=C2/N=C(c3cncc(Br)c3)OC2=O)cc1OC. The normalized spacial score (nSPS) is 15.2. The summed E-state index contributed by atoms with van der Waals surface area (Å²) in [6.07, 6.45) is 4.85. The monoisotopic (exact) mass is 388 g/mol. The zero-order valence-electron chi connectivity index (χ0n) is 12.9. The number of aliphatic imine (C=N–C) groups is 1. The van der Waals surface area contributed by atoms with Gasteiger partial charge in [-0.25, -0.2) is 9.79 Å². The third kappa shape index (κ3) is 3.30. The number of hydrogen-bond acceptors (Lipinski definition) is 6. The topological polar surface area (TPSA) is 70.0 Å². The van der Waals surface area contributed by atoms with Gasteiger partial charge in [0.2, 0.25) is 5.90 Å². The van der Waals surface area contributed by atoms with E-state index < -0.39 is 5.97 Å². The number of carbonyl (C=O) groups is 1. The number of hydrogen-bond donors (Lipinski definition) is 0. The van der Waals surface area contributed by atoms with Gasteiger partial charge in [0.15, 0.2) is 17.2 Å². The molecule has 0 atom stereocenters. The number of methoxy groups -OCH3 is 2. The van der Waals surface area contributed by atoms with E-state index in [1.165, 1.54) is 0 Å². The molecule has 2 heterocycles. The Hall–Kier alpha value is -2.67. The zero-order chi connectivity index (χ0) is 17.1. The van der Waals surface area contributed by atoms with Crippen molar-refractivity contribution in [2.75, 3.05) is 14.2 Å². The Labute approximate surface area is 146 Å². The molecule has 0 saturated heterocycles. The lowest BCUT2D eigenvalue weighted by atomic mass is 10.1. The van der Waals surface area contributed by atoms with E-state index in [0.717, 1.165) is 10.0 Å². The van der Waals surface area contributed by atoms with Crippen LogP contribution < -0.4 is 9.47 Å². The van der Waals surface area contributed by atoms with Crippen molar-refractivity contribution in [2.24, 2.45) is 4.99 Å². The van der Waals surface area contributed by atoms with Gasteiger partial charge in [0.25, 0.3) is 0 Å². The predicted molar refractivity (Wildman–Crippen MR) is 92.1 cm³/mol. The van der Waals surface area contributed by atoms with Crippen molar-refractivity contribution in [1.82, 2.24) is 4.98 Å². The molecule has 0 fully saturated rings. The highest BCUT2D eigenvalue weighted by molar-refractivity contribution is 9.10. The van der Waals surface area contributed by atoms with E-state index in [1.807, 2.05) is 0 Å². The Bertz CT molecular complexity index is 861. The largest absolute Gasteiger partial charge is 0.493 e. The standard InChI is InChI=1S/C17H13BrN2O4/c1-22-14-4-3-10(6-15(14)23-2)5-13-17(21)24-16(20-13)11-7-12(18)9-19-8-11/h3-9H,1-2H3/b13-5+. The second-order valence-electron chi connectivity index (χ2n) is 4.84. The molecule has 0 amide bonds. The molecular weight excluding hydrogens is 376 g/mol. The molecule has 1 aliphatic heterocycles. The van der Waals surface area contributed by atoms with Gasteiger partial charge in [-0.05, 0) is 45.8 Å². The van der Waals surface area contributed by atoms with Crippen LogP contribution in [0, 0.1) is 0 Å². The Balaban J connectivity index is 1.94. The van der Waals surface area contributed by atoms with E-state index in [1.54, 1.807) is 57.0 Å². The van der Waals surface area contributed by atoms with Crippen LogP contribution in [-0.2, 0) is 9.53 Å². The average Bonchev–Trinajstić information content (AvgIpc) is 2.95. The molecule has 0 aliphatic carbocycles. The smallest absolute Gasteiger partial charge is 0.363 e. The highest BCUT2D eigenvalue weighted by Gasteiger charge is 2.24. The Kier molecular flexibility index (Phi) is 4.61. The fraction of sp³-hybridized carbons (Fsp3) is 0.118. The molecule has 6 nitrogen and oxygen atoms in total. The lowest BCUT2D eigenvalue weighted by molar-refractivity contribution is -0.129. The zero-order valence-corrected chi connectivity index (χ0v) is 14.5. The summed E-state index contributed by atoms with van der Waals surface area (Å²) >= 11 is 3.32. The fourth-order valence-electron chi connectivity index (χ4n) is 2.16. The quantitative estimate of drug-likeness (QED) is 0.593. The van der Waals surface area contributed by atoms with Gasteiger partial charge in [-0.3, -0.25) is 4.98 Å². The highest BCUT2D eigenvalue weighted by Crippen LogP contribution is 2.29. The number of benzene rings is 1. The van der Waals surface area contributed by atoms with Crippen molar-refractivity contribution >= 4 is 33.9 Å². The minimum Gasteiger partial charge on any atom is -0.493 e. The summed E-state index contributed by atoms with van der Waals surface area (Å²) in [5.74, 6) is 0.886. The second kappa shape index (κ2) is 6.84. The summed E-state index contributed by atoms with van der Waals surface area (Å²) in [7, 11) is 3.11. The minimum absolute atomic E-state index is 0.206. The number of rotatable bonds is 4. The number of pyridine rings is 1. The molecule has 1 aromatic heterocycles.